The largest absolute Gasteiger partial charge is 0.351 e. The minimum absolute atomic E-state index is 0.0434. The van der Waals surface area contributed by atoms with Crippen molar-refractivity contribution in [2.75, 3.05) is 13.1 Å². The van der Waals surface area contributed by atoms with Crippen molar-refractivity contribution in [3.05, 3.63) is 34.9 Å². The highest BCUT2D eigenvalue weighted by molar-refractivity contribution is 5.97. The quantitative estimate of drug-likeness (QED) is 0.811. The Labute approximate surface area is 114 Å². The number of nitrogens with two attached hydrogens (primary N) is 1. The smallest absolute Gasteiger partial charge is 0.252 e. The van der Waals surface area contributed by atoms with E-state index in [1.54, 1.807) is 0 Å². The third-order valence-electron chi connectivity index (χ3n) is 3.52. The van der Waals surface area contributed by atoms with Gasteiger partial charge in [-0.3, -0.25) is 4.79 Å². The maximum atomic E-state index is 12.2. The Morgan fingerprint density at radius 2 is 2.21 bits per heavy atom. The van der Waals surface area contributed by atoms with E-state index in [2.05, 4.69) is 24.1 Å². The van der Waals surface area contributed by atoms with E-state index in [0.29, 0.717) is 17.5 Å². The molecule has 1 saturated carbocycles. The second-order valence-electron chi connectivity index (χ2n) is 5.55. The van der Waals surface area contributed by atoms with Crippen LogP contribution in [0.15, 0.2) is 18.2 Å². The average Bonchev–Trinajstić information content (AvgIpc) is 3.13. The Kier molecular flexibility index (Phi) is 3.92. The molecule has 1 aliphatic rings. The lowest BCUT2D eigenvalue weighted by Crippen LogP contribution is -2.29. The van der Waals surface area contributed by atoms with E-state index in [1.165, 1.54) is 12.8 Å². The van der Waals surface area contributed by atoms with Crippen molar-refractivity contribution in [3.8, 4) is 11.8 Å². The first-order valence-corrected chi connectivity index (χ1v) is 6.62. The van der Waals surface area contributed by atoms with Gasteiger partial charge in [-0.05, 0) is 37.3 Å². The van der Waals surface area contributed by atoms with E-state index < -0.39 is 0 Å². The zero-order chi connectivity index (χ0) is 13.9. The van der Waals surface area contributed by atoms with Gasteiger partial charge in [-0.1, -0.05) is 30.4 Å². The maximum absolute atomic E-state index is 12.2. The van der Waals surface area contributed by atoms with Gasteiger partial charge >= 0.3 is 0 Å². The van der Waals surface area contributed by atoms with Crippen molar-refractivity contribution in [2.24, 2.45) is 11.1 Å². The normalized spacial score (nSPS) is 15.3. The molecule has 0 aromatic heterocycles. The van der Waals surface area contributed by atoms with Crippen LogP contribution in [0.2, 0.25) is 0 Å². The maximum Gasteiger partial charge on any atom is 0.252 e. The van der Waals surface area contributed by atoms with Crippen LogP contribution in [-0.2, 0) is 0 Å². The molecule has 1 fully saturated rings. The molecule has 1 aromatic rings. The summed E-state index contributed by atoms with van der Waals surface area (Å²) in [6, 6.07) is 5.72. The van der Waals surface area contributed by atoms with Gasteiger partial charge in [0.05, 0.1) is 12.1 Å². The number of hydrogen-bond donors (Lipinski definition) is 2. The minimum Gasteiger partial charge on any atom is -0.351 e. The van der Waals surface area contributed by atoms with Gasteiger partial charge in [-0.2, -0.15) is 0 Å². The third kappa shape index (κ3) is 3.59. The molecule has 0 atom stereocenters. The van der Waals surface area contributed by atoms with Crippen LogP contribution in [-0.4, -0.2) is 19.0 Å². The van der Waals surface area contributed by atoms with Gasteiger partial charge in [-0.25, -0.2) is 0 Å². The molecule has 100 valence electrons. The average molecular weight is 256 g/mol. The summed E-state index contributed by atoms with van der Waals surface area (Å²) in [4.78, 5) is 12.2. The second kappa shape index (κ2) is 5.46. The third-order valence-corrected chi connectivity index (χ3v) is 3.52. The molecule has 1 amide bonds. The minimum atomic E-state index is -0.0434. The number of aryl methyl sites for hydroxylation is 1. The number of nitrogens with one attached hydrogen (secondary N) is 1. The standard InChI is InChI=1S/C16H20N2O/c1-12-5-6-13(4-3-9-17)14(10-12)15(19)18-11-16(2)7-8-16/h5-6,10H,7-9,11,17H2,1-2H3,(H,18,19). The fraction of sp³-hybridized carbons (Fsp3) is 0.438. The van der Waals surface area contributed by atoms with Gasteiger partial charge in [-0.15, -0.1) is 0 Å². The first-order chi connectivity index (χ1) is 9.04. The Morgan fingerprint density at radius 3 is 2.84 bits per heavy atom. The number of hydrogen-bond acceptors (Lipinski definition) is 2. The molecule has 3 nitrogen and oxygen atoms in total. The van der Waals surface area contributed by atoms with Gasteiger partial charge in [0.25, 0.3) is 5.91 Å². The van der Waals surface area contributed by atoms with Crippen LogP contribution < -0.4 is 11.1 Å². The molecule has 19 heavy (non-hydrogen) atoms. The van der Waals surface area contributed by atoms with E-state index in [9.17, 15) is 4.79 Å². The molecule has 0 heterocycles. The molecule has 1 aliphatic carbocycles. The summed E-state index contributed by atoms with van der Waals surface area (Å²) in [5, 5.41) is 3.01. The highest BCUT2D eigenvalue weighted by atomic mass is 16.1. The summed E-state index contributed by atoms with van der Waals surface area (Å²) >= 11 is 0. The molecule has 1 aromatic carbocycles. The molecule has 3 heteroatoms. The first-order valence-electron chi connectivity index (χ1n) is 6.62. The molecule has 0 bridgehead atoms. The Hall–Kier alpha value is -1.79. The first kappa shape index (κ1) is 13.6. The lowest BCUT2D eigenvalue weighted by Gasteiger charge is -2.11. The molecular weight excluding hydrogens is 236 g/mol. The van der Waals surface area contributed by atoms with Crippen LogP contribution in [0.5, 0.6) is 0 Å². The van der Waals surface area contributed by atoms with Crippen molar-refractivity contribution in [2.45, 2.75) is 26.7 Å². The van der Waals surface area contributed by atoms with E-state index in [-0.39, 0.29) is 5.91 Å². The van der Waals surface area contributed by atoms with Crippen LogP contribution in [0.4, 0.5) is 0 Å². The summed E-state index contributed by atoms with van der Waals surface area (Å²) in [5.41, 5.74) is 8.14. The highest BCUT2D eigenvalue weighted by Crippen LogP contribution is 2.44. The van der Waals surface area contributed by atoms with Gasteiger partial charge in [0, 0.05) is 12.1 Å². The predicted molar refractivity (Wildman–Crippen MR) is 76.8 cm³/mol. The summed E-state index contributed by atoms with van der Waals surface area (Å²) in [5.74, 6) is 5.72. The van der Waals surface area contributed by atoms with Gasteiger partial charge in [0.2, 0.25) is 0 Å². The van der Waals surface area contributed by atoms with E-state index in [0.717, 1.165) is 17.7 Å². The van der Waals surface area contributed by atoms with Crippen LogP contribution in [0.25, 0.3) is 0 Å². The fourth-order valence-electron chi connectivity index (χ4n) is 1.88. The number of rotatable bonds is 3. The zero-order valence-corrected chi connectivity index (χ0v) is 11.5. The summed E-state index contributed by atoms with van der Waals surface area (Å²) in [6.45, 7) is 5.20. The van der Waals surface area contributed by atoms with Gasteiger partial charge < -0.3 is 11.1 Å². The van der Waals surface area contributed by atoms with Crippen LogP contribution in [0, 0.1) is 24.2 Å². The molecule has 3 N–H and O–H groups in total. The predicted octanol–water partition coefficient (Wildman–Crippen LogP) is 1.84. The summed E-state index contributed by atoms with van der Waals surface area (Å²) in [7, 11) is 0. The highest BCUT2D eigenvalue weighted by Gasteiger charge is 2.37. The lowest BCUT2D eigenvalue weighted by atomic mass is 10.0. The van der Waals surface area contributed by atoms with Crippen molar-refractivity contribution < 1.29 is 4.79 Å². The Morgan fingerprint density at radius 1 is 1.47 bits per heavy atom. The summed E-state index contributed by atoms with van der Waals surface area (Å²) < 4.78 is 0. The van der Waals surface area contributed by atoms with Crippen LogP contribution in [0.3, 0.4) is 0 Å². The number of carbonyl (C=O) groups excluding carboxylic acids is 1. The van der Waals surface area contributed by atoms with Crippen LogP contribution >= 0.6 is 0 Å². The monoisotopic (exact) mass is 256 g/mol. The molecule has 0 saturated heterocycles. The van der Waals surface area contributed by atoms with Crippen molar-refractivity contribution >= 4 is 5.91 Å². The number of carbonyl (C=O) groups is 1. The number of benzene rings is 1. The SMILES string of the molecule is Cc1ccc(C#CCN)c(C(=O)NCC2(C)CC2)c1. The van der Waals surface area contributed by atoms with Gasteiger partial charge in [0.1, 0.15) is 0 Å². The zero-order valence-electron chi connectivity index (χ0n) is 11.5. The Bertz CT molecular complexity index is 548. The Balaban J connectivity index is 2.16. The summed E-state index contributed by atoms with van der Waals surface area (Å²) in [6.07, 6.45) is 2.39. The lowest BCUT2D eigenvalue weighted by molar-refractivity contribution is 0.0946. The van der Waals surface area contributed by atoms with Crippen LogP contribution in [0.1, 0.15) is 41.3 Å². The molecular formula is C16H20N2O. The molecule has 0 unspecified atom stereocenters. The van der Waals surface area contributed by atoms with Crippen molar-refractivity contribution in [3.63, 3.8) is 0 Å². The fourth-order valence-corrected chi connectivity index (χ4v) is 1.88. The molecule has 0 spiro atoms. The number of amides is 1. The van der Waals surface area contributed by atoms with Gasteiger partial charge in [0.15, 0.2) is 0 Å². The van der Waals surface area contributed by atoms with Crippen molar-refractivity contribution in [1.82, 2.24) is 5.32 Å². The van der Waals surface area contributed by atoms with Crippen molar-refractivity contribution in [1.29, 1.82) is 0 Å². The molecule has 0 radical (unpaired) electrons. The molecule has 0 aliphatic heterocycles. The van der Waals surface area contributed by atoms with E-state index in [4.69, 9.17) is 5.73 Å². The molecule has 2 rings (SSSR count). The topological polar surface area (TPSA) is 55.1 Å². The van der Waals surface area contributed by atoms with E-state index >= 15 is 0 Å². The second-order valence-corrected chi connectivity index (χ2v) is 5.55. The van der Waals surface area contributed by atoms with E-state index in [1.807, 2.05) is 25.1 Å².